The Morgan fingerprint density at radius 3 is 2.23 bits per heavy atom. The molecule has 0 aliphatic heterocycles. The molecule has 3 aromatic rings. The van der Waals surface area contributed by atoms with Crippen molar-refractivity contribution in [3.63, 3.8) is 0 Å². The van der Waals surface area contributed by atoms with Gasteiger partial charge in [0.25, 0.3) is 10.0 Å². The monoisotopic (exact) mass is 387 g/mol. The summed E-state index contributed by atoms with van der Waals surface area (Å²) in [7, 11) is -3.60. The zero-order valence-corrected chi connectivity index (χ0v) is 16.3. The summed E-state index contributed by atoms with van der Waals surface area (Å²) >= 11 is 1.28. The Morgan fingerprint density at radius 1 is 0.923 bits per heavy atom. The molecule has 0 spiro atoms. The highest BCUT2D eigenvalue weighted by molar-refractivity contribution is 7.94. The van der Waals surface area contributed by atoms with Crippen LogP contribution in [0.25, 0.3) is 0 Å². The largest absolute Gasteiger partial charge is 0.354 e. The second kappa shape index (κ2) is 7.88. The average Bonchev–Trinajstić information content (AvgIpc) is 3.14. The molecule has 0 saturated heterocycles. The third-order valence-corrected chi connectivity index (χ3v) is 6.98. The molecular formula is C19H21N3O2S2. The van der Waals surface area contributed by atoms with Crippen LogP contribution in [-0.4, -0.2) is 13.4 Å². The number of benzene rings is 1. The van der Waals surface area contributed by atoms with Gasteiger partial charge in [0.1, 0.15) is 10.0 Å². The topological polar surface area (TPSA) is 71.1 Å². The van der Waals surface area contributed by atoms with Crippen molar-refractivity contribution in [3.05, 3.63) is 65.2 Å². The third-order valence-electron chi connectivity index (χ3n) is 3.90. The van der Waals surface area contributed by atoms with Crippen molar-refractivity contribution in [1.82, 2.24) is 4.98 Å². The Kier molecular flexibility index (Phi) is 5.58. The van der Waals surface area contributed by atoms with E-state index in [1.807, 2.05) is 25.1 Å². The van der Waals surface area contributed by atoms with E-state index in [1.165, 1.54) is 16.9 Å². The first-order valence-electron chi connectivity index (χ1n) is 8.43. The molecule has 7 heteroatoms. The van der Waals surface area contributed by atoms with Crippen LogP contribution in [0.3, 0.4) is 0 Å². The van der Waals surface area contributed by atoms with Crippen LogP contribution in [0, 0.1) is 0 Å². The summed E-state index contributed by atoms with van der Waals surface area (Å²) in [5.41, 5.74) is 3.03. The van der Waals surface area contributed by atoms with Crippen LogP contribution in [0.5, 0.6) is 0 Å². The molecule has 0 saturated carbocycles. The number of anilines is 3. The van der Waals surface area contributed by atoms with E-state index in [-0.39, 0.29) is 0 Å². The van der Waals surface area contributed by atoms with E-state index in [0.717, 1.165) is 29.1 Å². The molecule has 1 aromatic carbocycles. The Bertz CT molecular complexity index is 963. The summed E-state index contributed by atoms with van der Waals surface area (Å²) in [6.07, 6.45) is 3.43. The predicted molar refractivity (Wildman–Crippen MR) is 108 cm³/mol. The minimum atomic E-state index is -3.60. The van der Waals surface area contributed by atoms with Gasteiger partial charge < -0.3 is 5.32 Å². The maximum Gasteiger partial charge on any atom is 0.272 e. The lowest BCUT2D eigenvalue weighted by atomic mass is 10.1. The number of pyridine rings is 1. The fourth-order valence-corrected chi connectivity index (χ4v) is 4.70. The number of rotatable bonds is 7. The van der Waals surface area contributed by atoms with Gasteiger partial charge in [-0.25, -0.2) is 13.4 Å². The molecule has 2 heterocycles. The number of hydrogen-bond acceptors (Lipinski definition) is 5. The quantitative estimate of drug-likeness (QED) is 0.610. The van der Waals surface area contributed by atoms with Crippen molar-refractivity contribution in [1.29, 1.82) is 0 Å². The molecule has 2 N–H and O–H groups in total. The van der Waals surface area contributed by atoms with Crippen LogP contribution in [0.1, 0.15) is 24.3 Å². The van der Waals surface area contributed by atoms with Gasteiger partial charge in [0.05, 0.1) is 11.9 Å². The van der Waals surface area contributed by atoms with E-state index in [4.69, 9.17) is 0 Å². The molecule has 0 amide bonds. The highest BCUT2D eigenvalue weighted by Gasteiger charge is 2.17. The second-order valence-corrected chi connectivity index (χ2v) is 8.86. The SMILES string of the molecule is CCc1ccc(Nc2ccc(NS(=O)(=O)c3ccc(CC)s3)nc2)cc1. The van der Waals surface area contributed by atoms with E-state index in [0.29, 0.717) is 10.0 Å². The van der Waals surface area contributed by atoms with Crippen molar-refractivity contribution < 1.29 is 8.42 Å². The predicted octanol–water partition coefficient (Wildman–Crippen LogP) is 4.81. The van der Waals surface area contributed by atoms with Gasteiger partial charge in [0.15, 0.2) is 0 Å². The minimum Gasteiger partial charge on any atom is -0.354 e. The molecule has 0 aliphatic carbocycles. The first kappa shape index (κ1) is 18.4. The van der Waals surface area contributed by atoms with Crippen LogP contribution in [0.2, 0.25) is 0 Å². The van der Waals surface area contributed by atoms with Gasteiger partial charge in [-0.3, -0.25) is 4.72 Å². The molecule has 26 heavy (non-hydrogen) atoms. The normalized spacial score (nSPS) is 11.3. The maximum absolute atomic E-state index is 12.4. The smallest absolute Gasteiger partial charge is 0.272 e. The summed E-state index contributed by atoms with van der Waals surface area (Å²) in [6.45, 7) is 4.12. The van der Waals surface area contributed by atoms with Gasteiger partial charge in [-0.05, 0) is 54.8 Å². The standard InChI is InChI=1S/C19H21N3O2S2/c1-3-14-5-7-15(8-6-14)21-16-9-11-18(20-13-16)22-26(23,24)19-12-10-17(4-2)25-19/h5-13,21H,3-4H2,1-2H3,(H,20,22). The molecule has 0 unspecified atom stereocenters. The Balaban J connectivity index is 1.68. The molecule has 0 radical (unpaired) electrons. The second-order valence-electron chi connectivity index (χ2n) is 5.79. The molecule has 0 bridgehead atoms. The molecule has 0 atom stereocenters. The van der Waals surface area contributed by atoms with Gasteiger partial charge in [-0.1, -0.05) is 26.0 Å². The Morgan fingerprint density at radius 2 is 1.65 bits per heavy atom. The fourth-order valence-electron chi connectivity index (χ4n) is 2.40. The van der Waals surface area contributed by atoms with Gasteiger partial charge in [0.2, 0.25) is 0 Å². The molecule has 5 nitrogen and oxygen atoms in total. The van der Waals surface area contributed by atoms with E-state index in [9.17, 15) is 8.42 Å². The minimum absolute atomic E-state index is 0.295. The number of aromatic nitrogens is 1. The van der Waals surface area contributed by atoms with Gasteiger partial charge in [-0.15, -0.1) is 11.3 Å². The zero-order valence-electron chi connectivity index (χ0n) is 14.7. The van der Waals surface area contributed by atoms with Crippen molar-refractivity contribution in [2.24, 2.45) is 0 Å². The molecule has 0 fully saturated rings. The van der Waals surface area contributed by atoms with Crippen LogP contribution in [-0.2, 0) is 22.9 Å². The number of sulfonamides is 1. The van der Waals surface area contributed by atoms with Crippen molar-refractivity contribution in [2.45, 2.75) is 30.9 Å². The first-order chi connectivity index (χ1) is 12.5. The molecule has 136 valence electrons. The highest BCUT2D eigenvalue weighted by Crippen LogP contribution is 2.24. The van der Waals surface area contributed by atoms with Crippen molar-refractivity contribution in [3.8, 4) is 0 Å². The first-order valence-corrected chi connectivity index (χ1v) is 10.7. The van der Waals surface area contributed by atoms with E-state index >= 15 is 0 Å². The Labute approximate surface area is 158 Å². The van der Waals surface area contributed by atoms with Crippen molar-refractivity contribution >= 4 is 38.6 Å². The summed E-state index contributed by atoms with van der Waals surface area (Å²) < 4.78 is 27.6. The lowest BCUT2D eigenvalue weighted by Gasteiger charge is -2.09. The van der Waals surface area contributed by atoms with Crippen LogP contribution in [0.15, 0.2) is 58.9 Å². The Hall–Kier alpha value is -2.38. The summed E-state index contributed by atoms with van der Waals surface area (Å²) in [4.78, 5) is 5.23. The van der Waals surface area contributed by atoms with Gasteiger partial charge in [0, 0.05) is 10.6 Å². The van der Waals surface area contributed by atoms with E-state index < -0.39 is 10.0 Å². The van der Waals surface area contributed by atoms with Gasteiger partial charge >= 0.3 is 0 Å². The molecular weight excluding hydrogens is 366 g/mol. The summed E-state index contributed by atoms with van der Waals surface area (Å²) in [5, 5.41) is 3.25. The number of thiophene rings is 1. The molecule has 0 aliphatic rings. The number of hydrogen-bond donors (Lipinski definition) is 2. The van der Waals surface area contributed by atoms with E-state index in [2.05, 4.69) is 34.1 Å². The number of nitrogens with zero attached hydrogens (tertiary/aromatic N) is 1. The zero-order chi connectivity index (χ0) is 18.6. The maximum atomic E-state index is 12.4. The number of aryl methyl sites for hydroxylation is 2. The van der Waals surface area contributed by atoms with Crippen LogP contribution < -0.4 is 10.0 Å². The molecule has 3 rings (SSSR count). The van der Waals surface area contributed by atoms with E-state index in [1.54, 1.807) is 24.4 Å². The summed E-state index contributed by atoms with van der Waals surface area (Å²) in [5.74, 6) is 0.295. The average molecular weight is 388 g/mol. The lowest BCUT2D eigenvalue weighted by Crippen LogP contribution is -2.12. The van der Waals surface area contributed by atoms with Crippen LogP contribution in [0.4, 0.5) is 17.2 Å². The molecule has 2 aromatic heterocycles. The highest BCUT2D eigenvalue weighted by atomic mass is 32.2. The lowest BCUT2D eigenvalue weighted by molar-refractivity contribution is 0.603. The van der Waals surface area contributed by atoms with Gasteiger partial charge in [-0.2, -0.15) is 0 Å². The number of nitrogens with one attached hydrogen (secondary N) is 2. The van der Waals surface area contributed by atoms with Crippen molar-refractivity contribution in [2.75, 3.05) is 10.0 Å². The third kappa shape index (κ3) is 4.42. The van der Waals surface area contributed by atoms with Crippen LogP contribution >= 0.6 is 11.3 Å². The fraction of sp³-hybridized carbons (Fsp3) is 0.211. The summed E-state index contributed by atoms with van der Waals surface area (Å²) in [6, 6.07) is 15.1.